The van der Waals surface area contributed by atoms with Gasteiger partial charge < -0.3 is 10.6 Å². The monoisotopic (exact) mass is 367 g/mol. The number of nitrogens with one attached hydrogen (secondary N) is 2. The summed E-state index contributed by atoms with van der Waals surface area (Å²) in [6.45, 7) is 4.62. The van der Waals surface area contributed by atoms with Gasteiger partial charge in [0.1, 0.15) is 0 Å². The zero-order chi connectivity index (χ0) is 17.3. The highest BCUT2D eigenvalue weighted by atomic mass is 32.2. The molecule has 1 aromatic rings. The van der Waals surface area contributed by atoms with Crippen LogP contribution in [0.3, 0.4) is 0 Å². The zero-order valence-electron chi connectivity index (χ0n) is 13.7. The van der Waals surface area contributed by atoms with E-state index in [1.807, 2.05) is 26.0 Å². The summed E-state index contributed by atoms with van der Waals surface area (Å²) in [4.78, 5) is 16.6. The fraction of sp³-hybridized carbons (Fsp3) is 0.500. The fourth-order valence-corrected chi connectivity index (χ4v) is 6.44. The minimum absolute atomic E-state index is 0.00819. The molecule has 2 aliphatic rings. The minimum Gasteiger partial charge on any atom is -0.352 e. The molecule has 6 nitrogen and oxygen atoms in total. The Balaban J connectivity index is 1.73. The summed E-state index contributed by atoms with van der Waals surface area (Å²) < 4.78 is 23.2. The van der Waals surface area contributed by atoms with E-state index in [1.54, 1.807) is 6.07 Å². The molecule has 2 atom stereocenters. The van der Waals surface area contributed by atoms with E-state index in [-0.39, 0.29) is 28.7 Å². The molecule has 0 saturated carbocycles. The molecule has 2 heterocycles. The normalized spacial score (nSPS) is 24.3. The summed E-state index contributed by atoms with van der Waals surface area (Å²) in [6.07, 6.45) is 0.891. The molecule has 2 N–H and O–H groups in total. The van der Waals surface area contributed by atoms with Crippen molar-refractivity contribution in [2.24, 2.45) is 4.99 Å². The molecule has 3 rings (SSSR count). The van der Waals surface area contributed by atoms with Gasteiger partial charge in [0, 0.05) is 23.0 Å². The number of sulfone groups is 1. The molecule has 24 heavy (non-hydrogen) atoms. The second-order valence-corrected chi connectivity index (χ2v) is 9.53. The van der Waals surface area contributed by atoms with Gasteiger partial charge in [0.15, 0.2) is 15.0 Å². The molecular formula is C16H21N3O3S2. The van der Waals surface area contributed by atoms with E-state index < -0.39 is 9.84 Å². The van der Waals surface area contributed by atoms with Crippen LogP contribution in [0.25, 0.3) is 0 Å². The topological polar surface area (TPSA) is 87.6 Å². The molecular weight excluding hydrogens is 346 g/mol. The summed E-state index contributed by atoms with van der Waals surface area (Å²) in [6, 6.07) is 5.36. The van der Waals surface area contributed by atoms with Crippen LogP contribution in [-0.2, 0) is 9.84 Å². The summed E-state index contributed by atoms with van der Waals surface area (Å²) >= 11 is 1.47. The van der Waals surface area contributed by atoms with Crippen molar-refractivity contribution in [3.05, 3.63) is 29.3 Å². The first-order valence-electron chi connectivity index (χ1n) is 7.98. The van der Waals surface area contributed by atoms with Gasteiger partial charge in [-0.25, -0.2) is 8.42 Å². The predicted molar refractivity (Wildman–Crippen MR) is 98.7 cm³/mol. The quantitative estimate of drug-likeness (QED) is 0.847. The number of nitrogens with zero attached hydrogens (tertiary/aromatic N) is 1. The number of hydrogen-bond acceptors (Lipinski definition) is 6. The zero-order valence-corrected chi connectivity index (χ0v) is 15.3. The van der Waals surface area contributed by atoms with Crippen LogP contribution in [-0.4, -0.2) is 48.8 Å². The maximum absolute atomic E-state index is 12.1. The summed E-state index contributed by atoms with van der Waals surface area (Å²) in [5.74, 6) is 0.230. The summed E-state index contributed by atoms with van der Waals surface area (Å²) in [7, 11) is -2.95. The Morgan fingerprint density at radius 3 is 2.88 bits per heavy atom. The molecule has 1 saturated heterocycles. The van der Waals surface area contributed by atoms with Crippen molar-refractivity contribution < 1.29 is 13.2 Å². The number of hydrogen-bond donors (Lipinski definition) is 2. The van der Waals surface area contributed by atoms with Crippen molar-refractivity contribution in [2.45, 2.75) is 31.6 Å². The number of rotatable bonds is 4. The Kier molecular flexibility index (Phi) is 4.87. The highest BCUT2D eigenvalue weighted by Gasteiger charge is 2.42. The van der Waals surface area contributed by atoms with Crippen LogP contribution in [0.5, 0.6) is 0 Å². The van der Waals surface area contributed by atoms with Crippen LogP contribution >= 0.6 is 11.8 Å². The average Bonchev–Trinajstić information content (AvgIpc) is 2.99. The van der Waals surface area contributed by atoms with Crippen LogP contribution in [0.4, 0.5) is 5.69 Å². The Morgan fingerprint density at radius 2 is 2.17 bits per heavy atom. The maximum Gasteiger partial charge on any atom is 0.251 e. The van der Waals surface area contributed by atoms with E-state index in [0.717, 1.165) is 22.8 Å². The molecule has 0 radical (unpaired) electrons. The number of aryl methyl sites for hydroxylation is 1. The van der Waals surface area contributed by atoms with Gasteiger partial charge >= 0.3 is 0 Å². The first kappa shape index (κ1) is 17.3. The number of anilines is 1. The molecule has 8 heteroatoms. The molecule has 130 valence electrons. The second-order valence-electron chi connectivity index (χ2n) is 6.15. The minimum atomic E-state index is -2.95. The van der Waals surface area contributed by atoms with Crippen molar-refractivity contribution in [1.29, 1.82) is 0 Å². The number of fused-ring (bicyclic) bond motifs is 1. The molecule has 0 unspecified atom stereocenters. The lowest BCUT2D eigenvalue weighted by Gasteiger charge is -2.12. The molecule has 2 aliphatic heterocycles. The maximum atomic E-state index is 12.1. The molecule has 1 aromatic carbocycles. The van der Waals surface area contributed by atoms with Gasteiger partial charge in [0.25, 0.3) is 5.91 Å². The smallest absolute Gasteiger partial charge is 0.251 e. The molecule has 0 aliphatic carbocycles. The third-order valence-electron chi connectivity index (χ3n) is 4.10. The number of thioether (sulfide) groups is 1. The Morgan fingerprint density at radius 1 is 1.38 bits per heavy atom. The van der Waals surface area contributed by atoms with Gasteiger partial charge in [-0.3, -0.25) is 9.79 Å². The van der Waals surface area contributed by atoms with Gasteiger partial charge in [-0.15, -0.1) is 0 Å². The van der Waals surface area contributed by atoms with Crippen LogP contribution in [0.15, 0.2) is 23.2 Å². The first-order chi connectivity index (χ1) is 11.4. The third kappa shape index (κ3) is 3.75. The van der Waals surface area contributed by atoms with E-state index in [0.29, 0.717) is 12.1 Å². The number of amides is 1. The van der Waals surface area contributed by atoms with Gasteiger partial charge in [0.2, 0.25) is 0 Å². The standard InChI is InChI=1S/C16H21N3O3S2/c1-3-6-17-15(20)11-5-4-10(2)12(7-11)18-16-19-13-8-24(21,22)9-14(13)23-16/h4-5,7,13-14H,3,6,8-9H2,1-2H3,(H,17,20)(H,18,19)/t13-,14-/m0/s1. The van der Waals surface area contributed by atoms with E-state index in [9.17, 15) is 13.2 Å². The van der Waals surface area contributed by atoms with Crippen LogP contribution in [0.1, 0.15) is 29.3 Å². The van der Waals surface area contributed by atoms with Crippen LogP contribution < -0.4 is 10.6 Å². The van der Waals surface area contributed by atoms with E-state index in [2.05, 4.69) is 15.6 Å². The largest absolute Gasteiger partial charge is 0.352 e. The van der Waals surface area contributed by atoms with Crippen molar-refractivity contribution in [2.75, 3.05) is 23.4 Å². The van der Waals surface area contributed by atoms with E-state index in [4.69, 9.17) is 0 Å². The van der Waals surface area contributed by atoms with Gasteiger partial charge in [-0.05, 0) is 31.0 Å². The Labute approximate surface area is 146 Å². The highest BCUT2D eigenvalue weighted by molar-refractivity contribution is 8.15. The van der Waals surface area contributed by atoms with Gasteiger partial charge in [-0.2, -0.15) is 0 Å². The van der Waals surface area contributed by atoms with Crippen molar-refractivity contribution in [3.63, 3.8) is 0 Å². The van der Waals surface area contributed by atoms with Gasteiger partial charge in [0.05, 0.1) is 17.5 Å². The Bertz CT molecular complexity index is 790. The molecule has 0 aromatic heterocycles. The first-order valence-corrected chi connectivity index (χ1v) is 10.7. The Hall–Kier alpha value is -1.54. The van der Waals surface area contributed by atoms with Crippen LogP contribution in [0, 0.1) is 6.92 Å². The SMILES string of the molecule is CCCNC(=O)c1ccc(C)c(NC2=N[C@H]3CS(=O)(=O)C[C@@H]3S2)c1. The average molecular weight is 367 g/mol. The van der Waals surface area contributed by atoms with Crippen molar-refractivity contribution in [3.8, 4) is 0 Å². The third-order valence-corrected chi connectivity index (χ3v) is 7.24. The molecule has 0 bridgehead atoms. The summed E-state index contributed by atoms with van der Waals surface area (Å²) in [5, 5.41) is 6.85. The summed E-state index contributed by atoms with van der Waals surface area (Å²) in [5.41, 5.74) is 2.44. The molecule has 1 amide bonds. The van der Waals surface area contributed by atoms with E-state index in [1.165, 1.54) is 11.8 Å². The van der Waals surface area contributed by atoms with Crippen molar-refractivity contribution in [1.82, 2.24) is 5.32 Å². The lowest BCUT2D eigenvalue weighted by atomic mass is 10.1. The number of carbonyl (C=O) groups is 1. The van der Waals surface area contributed by atoms with Crippen LogP contribution in [0.2, 0.25) is 0 Å². The lowest BCUT2D eigenvalue weighted by molar-refractivity contribution is 0.0953. The number of amidine groups is 1. The second kappa shape index (κ2) is 6.76. The van der Waals surface area contributed by atoms with E-state index >= 15 is 0 Å². The van der Waals surface area contributed by atoms with Crippen molar-refractivity contribution >= 4 is 38.4 Å². The lowest BCUT2D eigenvalue weighted by Crippen LogP contribution is -2.24. The van der Waals surface area contributed by atoms with Gasteiger partial charge in [-0.1, -0.05) is 24.8 Å². The number of benzene rings is 1. The molecule has 0 spiro atoms. The number of carbonyl (C=O) groups excluding carboxylic acids is 1. The molecule has 1 fully saturated rings. The fourth-order valence-electron chi connectivity index (χ4n) is 2.77. The number of aliphatic imine (C=N–C) groups is 1. The predicted octanol–water partition coefficient (Wildman–Crippen LogP) is 1.82. The highest BCUT2D eigenvalue weighted by Crippen LogP contribution is 2.35.